The Hall–Kier alpha value is -4.26. The molecule has 0 spiro atoms. The van der Waals surface area contributed by atoms with E-state index >= 15 is 0 Å². The van der Waals surface area contributed by atoms with Crippen molar-refractivity contribution in [3.05, 3.63) is 89.3 Å². The summed E-state index contributed by atoms with van der Waals surface area (Å²) >= 11 is 2.69. The molecule has 0 saturated heterocycles. The molecule has 0 fully saturated rings. The Morgan fingerprint density at radius 3 is 2.42 bits per heavy atom. The number of thiophene rings is 1. The number of nitrogens with zero attached hydrogens (tertiary/aromatic N) is 1. The summed E-state index contributed by atoms with van der Waals surface area (Å²) in [4.78, 5) is 26.6. The first-order chi connectivity index (χ1) is 18.4. The molecular weight excluding hydrogens is 518 g/mol. The lowest BCUT2D eigenvalue weighted by Crippen LogP contribution is -2.22. The van der Waals surface area contributed by atoms with Crippen LogP contribution in [0.4, 0.5) is 10.7 Å². The molecule has 1 unspecified atom stereocenters. The molecule has 2 N–H and O–H groups in total. The summed E-state index contributed by atoms with van der Waals surface area (Å²) in [6, 6.07) is 24.1. The first-order valence-corrected chi connectivity index (χ1v) is 13.4. The van der Waals surface area contributed by atoms with Crippen molar-refractivity contribution in [1.82, 2.24) is 0 Å². The van der Waals surface area contributed by atoms with E-state index in [4.69, 9.17) is 9.47 Å². The predicted octanol–water partition coefficient (Wildman–Crippen LogP) is 6.68. The lowest BCUT2D eigenvalue weighted by atomic mass is 10.1. The first kappa shape index (κ1) is 26.8. The largest absolute Gasteiger partial charge is 0.493 e. The Bertz CT molecular complexity index is 1500. The van der Waals surface area contributed by atoms with Crippen LogP contribution in [0.2, 0.25) is 0 Å². The third-order valence-corrected chi connectivity index (χ3v) is 7.63. The standard InChI is InChI=1S/C29H25N3O4S2/c1-18(27(33)32-29-23(16-30)24(17-37-29)19-8-5-4-6-9-19)38-22-11-7-10-21(15-22)31-28(34)20-12-13-25(35-2)26(14-20)36-3/h4-15,17-18H,1-3H3,(H,31,34)(H,32,33). The van der Waals surface area contributed by atoms with Crippen LogP contribution < -0.4 is 20.1 Å². The van der Waals surface area contributed by atoms with Gasteiger partial charge in [-0.1, -0.05) is 36.4 Å². The molecule has 192 valence electrons. The van der Waals surface area contributed by atoms with Crippen molar-refractivity contribution in [2.24, 2.45) is 0 Å². The number of nitriles is 1. The Morgan fingerprint density at radius 2 is 1.71 bits per heavy atom. The molecule has 0 aliphatic heterocycles. The minimum absolute atomic E-state index is 0.215. The molecule has 0 aliphatic carbocycles. The Labute approximate surface area is 229 Å². The summed E-state index contributed by atoms with van der Waals surface area (Å²) < 4.78 is 10.5. The highest BCUT2D eigenvalue weighted by atomic mass is 32.2. The van der Waals surface area contributed by atoms with Gasteiger partial charge in [-0.25, -0.2) is 0 Å². The summed E-state index contributed by atoms with van der Waals surface area (Å²) in [6.45, 7) is 1.80. The molecule has 7 nitrogen and oxygen atoms in total. The Kier molecular flexibility index (Phi) is 8.69. The van der Waals surface area contributed by atoms with Crippen LogP contribution in [0.5, 0.6) is 11.5 Å². The number of methoxy groups -OCH3 is 2. The van der Waals surface area contributed by atoms with Crippen LogP contribution in [-0.2, 0) is 4.79 Å². The van der Waals surface area contributed by atoms with Gasteiger partial charge < -0.3 is 20.1 Å². The number of thioether (sulfide) groups is 1. The molecule has 9 heteroatoms. The zero-order chi connectivity index (χ0) is 27.1. The molecule has 0 aliphatic rings. The van der Waals surface area contributed by atoms with Gasteiger partial charge in [0.15, 0.2) is 11.5 Å². The molecule has 38 heavy (non-hydrogen) atoms. The average molecular weight is 544 g/mol. The number of hydrogen-bond donors (Lipinski definition) is 2. The summed E-state index contributed by atoms with van der Waals surface area (Å²) in [5, 5.41) is 17.5. The molecule has 1 atom stereocenters. The summed E-state index contributed by atoms with van der Waals surface area (Å²) in [5.41, 5.74) is 3.20. The van der Waals surface area contributed by atoms with Gasteiger partial charge in [-0.2, -0.15) is 5.26 Å². The monoisotopic (exact) mass is 543 g/mol. The summed E-state index contributed by atoms with van der Waals surface area (Å²) in [7, 11) is 3.05. The van der Waals surface area contributed by atoms with E-state index in [2.05, 4.69) is 16.7 Å². The van der Waals surface area contributed by atoms with Gasteiger partial charge in [0, 0.05) is 27.1 Å². The Balaban J connectivity index is 1.41. The van der Waals surface area contributed by atoms with Crippen LogP contribution in [0.15, 0.2) is 83.1 Å². The maximum absolute atomic E-state index is 13.0. The minimum Gasteiger partial charge on any atom is -0.493 e. The van der Waals surface area contributed by atoms with E-state index in [-0.39, 0.29) is 11.8 Å². The fourth-order valence-electron chi connectivity index (χ4n) is 3.69. The van der Waals surface area contributed by atoms with E-state index in [0.717, 1.165) is 16.0 Å². The van der Waals surface area contributed by atoms with E-state index in [1.165, 1.54) is 37.3 Å². The van der Waals surface area contributed by atoms with E-state index in [9.17, 15) is 14.9 Å². The van der Waals surface area contributed by atoms with Gasteiger partial charge in [0.05, 0.1) is 25.0 Å². The van der Waals surface area contributed by atoms with Crippen molar-refractivity contribution in [3.8, 4) is 28.7 Å². The summed E-state index contributed by atoms with van der Waals surface area (Å²) in [6.07, 6.45) is 0. The quantitative estimate of drug-likeness (QED) is 0.229. The lowest BCUT2D eigenvalue weighted by molar-refractivity contribution is -0.115. The van der Waals surface area contributed by atoms with Crippen LogP contribution in [0, 0.1) is 11.3 Å². The Morgan fingerprint density at radius 1 is 0.947 bits per heavy atom. The number of benzene rings is 3. The molecule has 1 heterocycles. The smallest absolute Gasteiger partial charge is 0.255 e. The van der Waals surface area contributed by atoms with Gasteiger partial charge in [0.1, 0.15) is 11.1 Å². The third-order valence-electron chi connectivity index (χ3n) is 5.64. The van der Waals surface area contributed by atoms with E-state index < -0.39 is 5.25 Å². The van der Waals surface area contributed by atoms with Crippen molar-refractivity contribution < 1.29 is 19.1 Å². The highest BCUT2D eigenvalue weighted by molar-refractivity contribution is 8.00. The second-order valence-electron chi connectivity index (χ2n) is 8.13. The van der Waals surface area contributed by atoms with Crippen molar-refractivity contribution in [3.63, 3.8) is 0 Å². The first-order valence-electron chi connectivity index (χ1n) is 11.6. The maximum Gasteiger partial charge on any atom is 0.255 e. The van der Waals surface area contributed by atoms with Gasteiger partial charge in [0.25, 0.3) is 5.91 Å². The number of carbonyl (C=O) groups excluding carboxylic acids is 2. The van der Waals surface area contributed by atoms with Crippen LogP contribution in [0.3, 0.4) is 0 Å². The highest BCUT2D eigenvalue weighted by Crippen LogP contribution is 2.36. The van der Waals surface area contributed by atoms with Gasteiger partial charge in [0.2, 0.25) is 5.91 Å². The van der Waals surface area contributed by atoms with E-state index in [0.29, 0.717) is 33.3 Å². The number of hydrogen-bond acceptors (Lipinski definition) is 7. The fourth-order valence-corrected chi connectivity index (χ4v) is 5.54. The van der Waals surface area contributed by atoms with Gasteiger partial charge in [-0.05, 0) is 48.9 Å². The van der Waals surface area contributed by atoms with Crippen LogP contribution in [-0.4, -0.2) is 31.3 Å². The maximum atomic E-state index is 13.0. The topological polar surface area (TPSA) is 100 Å². The van der Waals surface area contributed by atoms with Gasteiger partial charge >= 0.3 is 0 Å². The van der Waals surface area contributed by atoms with E-state index in [1.54, 1.807) is 31.2 Å². The normalized spacial score (nSPS) is 11.2. The fraction of sp³-hybridized carbons (Fsp3) is 0.138. The lowest BCUT2D eigenvalue weighted by Gasteiger charge is -2.13. The number of ether oxygens (including phenoxy) is 2. The molecule has 0 radical (unpaired) electrons. The second-order valence-corrected chi connectivity index (χ2v) is 10.4. The van der Waals surface area contributed by atoms with Gasteiger partial charge in [-0.3, -0.25) is 9.59 Å². The molecule has 4 rings (SSSR count). The molecule has 0 saturated carbocycles. The van der Waals surface area contributed by atoms with E-state index in [1.807, 2.05) is 53.9 Å². The zero-order valence-electron chi connectivity index (χ0n) is 21.0. The van der Waals surface area contributed by atoms with Crippen molar-refractivity contribution in [1.29, 1.82) is 5.26 Å². The number of carbonyl (C=O) groups is 2. The number of rotatable bonds is 9. The molecule has 2 amide bonds. The van der Waals surface area contributed by atoms with Crippen LogP contribution >= 0.6 is 23.1 Å². The molecule has 4 aromatic rings. The zero-order valence-corrected chi connectivity index (χ0v) is 22.6. The molecule has 1 aromatic heterocycles. The second kappa shape index (κ2) is 12.3. The van der Waals surface area contributed by atoms with Gasteiger partial charge in [-0.15, -0.1) is 23.1 Å². The van der Waals surface area contributed by atoms with Crippen molar-refractivity contribution in [2.75, 3.05) is 24.9 Å². The number of anilines is 2. The molecule has 3 aromatic carbocycles. The number of amides is 2. The highest BCUT2D eigenvalue weighted by Gasteiger charge is 2.20. The van der Waals surface area contributed by atoms with Crippen molar-refractivity contribution in [2.45, 2.75) is 17.1 Å². The molecule has 0 bridgehead atoms. The number of nitrogens with one attached hydrogen (secondary N) is 2. The summed E-state index contributed by atoms with van der Waals surface area (Å²) in [5.74, 6) is 0.489. The molecular formula is C29H25N3O4S2. The van der Waals surface area contributed by atoms with Crippen LogP contribution in [0.1, 0.15) is 22.8 Å². The average Bonchev–Trinajstić information content (AvgIpc) is 3.35. The van der Waals surface area contributed by atoms with Crippen molar-refractivity contribution >= 4 is 45.6 Å². The minimum atomic E-state index is -0.444. The third kappa shape index (κ3) is 6.17. The predicted molar refractivity (Wildman–Crippen MR) is 152 cm³/mol. The van der Waals surface area contributed by atoms with Crippen LogP contribution in [0.25, 0.3) is 11.1 Å². The SMILES string of the molecule is COc1ccc(C(=O)Nc2cccc(SC(C)C(=O)Nc3scc(-c4ccccc4)c3C#N)c2)cc1OC.